The van der Waals surface area contributed by atoms with Crippen LogP contribution in [0.4, 0.5) is 5.69 Å². The lowest BCUT2D eigenvalue weighted by Crippen LogP contribution is -2.15. The first-order valence-electron chi connectivity index (χ1n) is 8.19. The summed E-state index contributed by atoms with van der Waals surface area (Å²) in [6.45, 7) is 2.01. The molecule has 0 aliphatic heterocycles. The maximum atomic E-state index is 12.6. The molecule has 1 heterocycles. The molecule has 0 spiro atoms. The molecular weight excluding hydrogens is 316 g/mol. The third-order valence-electron chi connectivity index (χ3n) is 4.51. The SMILES string of the molecule is COc1ccc2c(c1)CCc1c(C(=O)Nc3ccc(C)cc3)noc1-2. The van der Waals surface area contributed by atoms with Gasteiger partial charge in [0.05, 0.1) is 7.11 Å². The van der Waals surface area contributed by atoms with Gasteiger partial charge in [0.1, 0.15) is 5.75 Å². The fourth-order valence-corrected chi connectivity index (χ4v) is 3.14. The molecule has 126 valence electrons. The summed E-state index contributed by atoms with van der Waals surface area (Å²) >= 11 is 0. The number of ether oxygens (including phenoxy) is 1. The molecule has 1 aliphatic carbocycles. The number of benzene rings is 2. The van der Waals surface area contributed by atoms with E-state index in [1.54, 1.807) is 7.11 Å². The molecular formula is C20H18N2O3. The van der Waals surface area contributed by atoms with Gasteiger partial charge in [-0.2, -0.15) is 0 Å². The Hall–Kier alpha value is -3.08. The number of hydrogen-bond donors (Lipinski definition) is 1. The van der Waals surface area contributed by atoms with E-state index in [0.29, 0.717) is 11.5 Å². The molecule has 25 heavy (non-hydrogen) atoms. The number of carbonyl (C=O) groups is 1. The van der Waals surface area contributed by atoms with Crippen molar-refractivity contribution in [2.24, 2.45) is 0 Å². The van der Waals surface area contributed by atoms with E-state index in [9.17, 15) is 4.79 Å². The van der Waals surface area contributed by atoms with Crippen LogP contribution in [0.2, 0.25) is 0 Å². The fourth-order valence-electron chi connectivity index (χ4n) is 3.14. The molecule has 1 aliphatic rings. The molecule has 1 aromatic heterocycles. The molecule has 0 saturated carbocycles. The molecule has 1 N–H and O–H groups in total. The number of nitrogens with zero attached hydrogens (tertiary/aromatic N) is 1. The van der Waals surface area contributed by atoms with Crippen LogP contribution in [0.3, 0.4) is 0 Å². The molecule has 4 rings (SSSR count). The summed E-state index contributed by atoms with van der Waals surface area (Å²) in [5, 5.41) is 6.92. The molecule has 0 bridgehead atoms. The van der Waals surface area contributed by atoms with Gasteiger partial charge in [0.2, 0.25) is 0 Å². The van der Waals surface area contributed by atoms with Crippen molar-refractivity contribution in [3.05, 3.63) is 64.8 Å². The number of aryl methyl sites for hydroxylation is 2. The van der Waals surface area contributed by atoms with Crippen molar-refractivity contribution >= 4 is 11.6 Å². The Morgan fingerprint density at radius 3 is 2.72 bits per heavy atom. The second-order valence-electron chi connectivity index (χ2n) is 6.18. The molecule has 5 nitrogen and oxygen atoms in total. The van der Waals surface area contributed by atoms with E-state index in [0.717, 1.165) is 46.5 Å². The number of fused-ring (bicyclic) bond motifs is 3. The minimum atomic E-state index is -0.245. The fraction of sp³-hybridized carbons (Fsp3) is 0.200. The first kappa shape index (κ1) is 15.4. The lowest BCUT2D eigenvalue weighted by atomic mass is 9.89. The second kappa shape index (κ2) is 6.09. The summed E-state index contributed by atoms with van der Waals surface area (Å²) in [5.74, 6) is 1.25. The first-order chi connectivity index (χ1) is 12.2. The third-order valence-corrected chi connectivity index (χ3v) is 4.51. The minimum Gasteiger partial charge on any atom is -0.497 e. The van der Waals surface area contributed by atoms with E-state index in [1.165, 1.54) is 0 Å². The molecule has 0 atom stereocenters. The predicted molar refractivity (Wildman–Crippen MR) is 95.0 cm³/mol. The van der Waals surface area contributed by atoms with E-state index in [4.69, 9.17) is 9.26 Å². The normalized spacial score (nSPS) is 12.2. The van der Waals surface area contributed by atoms with Crippen molar-refractivity contribution in [2.45, 2.75) is 19.8 Å². The predicted octanol–water partition coefficient (Wildman–Crippen LogP) is 4.01. The van der Waals surface area contributed by atoms with Crippen LogP contribution in [-0.4, -0.2) is 18.2 Å². The molecule has 0 radical (unpaired) electrons. The summed E-state index contributed by atoms with van der Waals surface area (Å²) in [6.07, 6.45) is 1.54. The van der Waals surface area contributed by atoms with Gasteiger partial charge in [-0.25, -0.2) is 0 Å². The highest BCUT2D eigenvalue weighted by atomic mass is 16.5. The van der Waals surface area contributed by atoms with Crippen molar-refractivity contribution in [1.82, 2.24) is 5.16 Å². The average molecular weight is 334 g/mol. The van der Waals surface area contributed by atoms with Crippen molar-refractivity contribution in [3.8, 4) is 17.1 Å². The minimum absolute atomic E-state index is 0.245. The third kappa shape index (κ3) is 2.78. The van der Waals surface area contributed by atoms with Crippen LogP contribution in [0, 0.1) is 6.92 Å². The maximum absolute atomic E-state index is 12.6. The molecule has 3 aromatic rings. The van der Waals surface area contributed by atoms with E-state index < -0.39 is 0 Å². The lowest BCUT2D eigenvalue weighted by Gasteiger charge is -2.15. The number of nitrogens with one attached hydrogen (secondary N) is 1. The van der Waals surface area contributed by atoms with Gasteiger partial charge in [-0.15, -0.1) is 0 Å². The van der Waals surface area contributed by atoms with Gasteiger partial charge in [-0.1, -0.05) is 22.9 Å². The lowest BCUT2D eigenvalue weighted by molar-refractivity contribution is 0.101. The highest BCUT2D eigenvalue weighted by Crippen LogP contribution is 2.37. The van der Waals surface area contributed by atoms with Crippen LogP contribution in [0.5, 0.6) is 5.75 Å². The molecule has 0 unspecified atom stereocenters. The van der Waals surface area contributed by atoms with Crippen LogP contribution < -0.4 is 10.1 Å². The standard InChI is InChI=1S/C20H18N2O3/c1-12-3-6-14(7-4-12)21-20(23)18-17-9-5-13-11-15(24-2)8-10-16(13)19(17)25-22-18/h3-4,6-8,10-11H,5,9H2,1-2H3,(H,21,23). The van der Waals surface area contributed by atoms with Gasteiger partial charge in [0, 0.05) is 16.8 Å². The van der Waals surface area contributed by atoms with Crippen molar-refractivity contribution in [2.75, 3.05) is 12.4 Å². The van der Waals surface area contributed by atoms with Crippen molar-refractivity contribution in [1.29, 1.82) is 0 Å². The van der Waals surface area contributed by atoms with Gasteiger partial charge in [-0.3, -0.25) is 4.79 Å². The topological polar surface area (TPSA) is 64.4 Å². The quantitative estimate of drug-likeness (QED) is 0.786. The average Bonchev–Trinajstić information content (AvgIpc) is 3.07. The van der Waals surface area contributed by atoms with Crippen LogP contribution in [0.1, 0.15) is 27.2 Å². The summed E-state index contributed by atoms with van der Waals surface area (Å²) in [6, 6.07) is 13.5. The largest absolute Gasteiger partial charge is 0.497 e. The number of rotatable bonds is 3. The highest BCUT2D eigenvalue weighted by Gasteiger charge is 2.27. The molecule has 0 fully saturated rings. The first-order valence-corrected chi connectivity index (χ1v) is 8.19. The zero-order chi connectivity index (χ0) is 17.4. The van der Waals surface area contributed by atoms with Crippen LogP contribution in [-0.2, 0) is 12.8 Å². The summed E-state index contributed by atoms with van der Waals surface area (Å²) in [7, 11) is 1.65. The number of anilines is 1. The number of carbonyl (C=O) groups excluding carboxylic acids is 1. The number of aromatic nitrogens is 1. The number of amides is 1. The summed E-state index contributed by atoms with van der Waals surface area (Å²) in [5.41, 5.74) is 5.23. The Morgan fingerprint density at radius 2 is 1.96 bits per heavy atom. The molecule has 1 amide bonds. The summed E-state index contributed by atoms with van der Waals surface area (Å²) in [4.78, 5) is 12.6. The van der Waals surface area contributed by atoms with Crippen LogP contribution >= 0.6 is 0 Å². The van der Waals surface area contributed by atoms with Crippen molar-refractivity contribution < 1.29 is 14.1 Å². The number of hydrogen-bond acceptors (Lipinski definition) is 4. The van der Waals surface area contributed by atoms with Crippen LogP contribution in [0.15, 0.2) is 47.0 Å². The molecule has 2 aromatic carbocycles. The van der Waals surface area contributed by atoms with Gasteiger partial charge in [0.15, 0.2) is 11.5 Å². The van der Waals surface area contributed by atoms with E-state index >= 15 is 0 Å². The maximum Gasteiger partial charge on any atom is 0.278 e. The van der Waals surface area contributed by atoms with Crippen LogP contribution in [0.25, 0.3) is 11.3 Å². The van der Waals surface area contributed by atoms with E-state index in [-0.39, 0.29) is 5.91 Å². The van der Waals surface area contributed by atoms with Gasteiger partial charge < -0.3 is 14.6 Å². The smallest absolute Gasteiger partial charge is 0.278 e. The molecule has 5 heteroatoms. The molecule has 0 saturated heterocycles. The number of methoxy groups -OCH3 is 1. The Kier molecular flexibility index (Phi) is 3.76. The van der Waals surface area contributed by atoms with Gasteiger partial charge >= 0.3 is 0 Å². The summed E-state index contributed by atoms with van der Waals surface area (Å²) < 4.78 is 10.8. The second-order valence-corrected chi connectivity index (χ2v) is 6.18. The monoisotopic (exact) mass is 334 g/mol. The van der Waals surface area contributed by atoms with Gasteiger partial charge in [-0.05, 0) is 55.7 Å². The van der Waals surface area contributed by atoms with E-state index in [2.05, 4.69) is 10.5 Å². The van der Waals surface area contributed by atoms with Gasteiger partial charge in [0.25, 0.3) is 5.91 Å². The van der Waals surface area contributed by atoms with E-state index in [1.807, 2.05) is 49.4 Å². The Bertz CT molecular complexity index is 942. The highest BCUT2D eigenvalue weighted by molar-refractivity contribution is 6.04. The zero-order valence-corrected chi connectivity index (χ0v) is 14.1. The Balaban J connectivity index is 1.64. The Morgan fingerprint density at radius 1 is 1.16 bits per heavy atom. The van der Waals surface area contributed by atoms with Crippen molar-refractivity contribution in [3.63, 3.8) is 0 Å². The zero-order valence-electron chi connectivity index (χ0n) is 14.1. The Labute approximate surface area is 145 Å².